The minimum Gasteiger partial charge on any atom is -0.482 e. The summed E-state index contributed by atoms with van der Waals surface area (Å²) in [4.78, 5) is 41.3. The second kappa shape index (κ2) is 7.11. The number of anilines is 1. The van der Waals surface area contributed by atoms with E-state index in [2.05, 4.69) is 0 Å². The molecule has 2 heterocycles. The van der Waals surface area contributed by atoms with Crippen LogP contribution in [0.1, 0.15) is 46.5 Å². The molecule has 0 saturated carbocycles. The third-order valence-corrected chi connectivity index (χ3v) is 5.33. The molecule has 2 aromatic carbocycles. The van der Waals surface area contributed by atoms with Gasteiger partial charge in [0.25, 0.3) is 11.8 Å². The van der Waals surface area contributed by atoms with E-state index in [-0.39, 0.29) is 24.2 Å². The highest BCUT2D eigenvalue weighted by molar-refractivity contribution is 6.07. The average molecular weight is 378 g/mol. The molecule has 0 aliphatic carbocycles. The van der Waals surface area contributed by atoms with Crippen molar-refractivity contribution in [3.63, 3.8) is 0 Å². The molecule has 6 nitrogen and oxygen atoms in total. The van der Waals surface area contributed by atoms with Crippen LogP contribution in [0.4, 0.5) is 5.69 Å². The van der Waals surface area contributed by atoms with Gasteiger partial charge in [0.15, 0.2) is 12.4 Å². The number of hydrogen-bond donors (Lipinski definition) is 0. The number of fused-ring (bicyclic) bond motifs is 2. The number of ether oxygens (including phenoxy) is 1. The molecule has 0 fully saturated rings. The molecule has 2 amide bonds. The first kappa shape index (κ1) is 18.2. The van der Waals surface area contributed by atoms with Gasteiger partial charge in [0, 0.05) is 24.2 Å². The Morgan fingerprint density at radius 2 is 1.96 bits per heavy atom. The molecule has 144 valence electrons. The van der Waals surface area contributed by atoms with E-state index in [0.29, 0.717) is 35.7 Å². The number of ketones is 1. The monoisotopic (exact) mass is 378 g/mol. The largest absolute Gasteiger partial charge is 0.482 e. The van der Waals surface area contributed by atoms with Crippen LogP contribution in [0.5, 0.6) is 5.75 Å². The van der Waals surface area contributed by atoms with Crippen molar-refractivity contribution in [3.8, 4) is 5.75 Å². The minimum atomic E-state index is -0.599. The summed E-state index contributed by atoms with van der Waals surface area (Å²) < 4.78 is 5.50. The van der Waals surface area contributed by atoms with Crippen molar-refractivity contribution >= 4 is 23.3 Å². The third kappa shape index (κ3) is 2.95. The first-order chi connectivity index (χ1) is 13.5. The molecular formula is C22H22N2O4. The quantitative estimate of drug-likeness (QED) is 0.750. The smallest absolute Gasteiger partial charge is 0.265 e. The van der Waals surface area contributed by atoms with E-state index < -0.39 is 6.04 Å². The molecule has 28 heavy (non-hydrogen) atoms. The zero-order chi connectivity index (χ0) is 19.8. The van der Waals surface area contributed by atoms with Gasteiger partial charge in [-0.05, 0) is 43.2 Å². The van der Waals surface area contributed by atoms with Crippen LogP contribution in [0.3, 0.4) is 0 Å². The van der Waals surface area contributed by atoms with Crippen LogP contribution < -0.4 is 9.64 Å². The number of rotatable bonds is 5. The van der Waals surface area contributed by atoms with Gasteiger partial charge in [-0.25, -0.2) is 0 Å². The molecule has 0 saturated heterocycles. The summed E-state index contributed by atoms with van der Waals surface area (Å²) in [6.07, 6.45) is 0.806. The predicted octanol–water partition coefficient (Wildman–Crippen LogP) is 3.05. The maximum Gasteiger partial charge on any atom is 0.265 e. The Morgan fingerprint density at radius 1 is 1.18 bits per heavy atom. The van der Waals surface area contributed by atoms with Crippen molar-refractivity contribution in [2.24, 2.45) is 0 Å². The van der Waals surface area contributed by atoms with Gasteiger partial charge in [0.1, 0.15) is 5.75 Å². The van der Waals surface area contributed by atoms with E-state index in [0.717, 1.165) is 12.0 Å². The van der Waals surface area contributed by atoms with E-state index in [1.165, 1.54) is 0 Å². The molecule has 0 bridgehead atoms. The molecule has 0 N–H and O–H groups in total. The molecule has 2 aromatic rings. The van der Waals surface area contributed by atoms with Crippen molar-refractivity contribution in [1.82, 2.24) is 4.90 Å². The van der Waals surface area contributed by atoms with Crippen molar-refractivity contribution in [2.45, 2.75) is 32.9 Å². The summed E-state index contributed by atoms with van der Waals surface area (Å²) >= 11 is 0. The zero-order valence-corrected chi connectivity index (χ0v) is 16.0. The lowest BCUT2D eigenvalue weighted by molar-refractivity contribution is -0.121. The van der Waals surface area contributed by atoms with Gasteiger partial charge in [-0.3, -0.25) is 14.4 Å². The molecule has 2 aliphatic rings. The summed E-state index contributed by atoms with van der Waals surface area (Å²) in [5.74, 6) is 0.207. The normalized spacial score (nSPS) is 16.5. The molecule has 6 heteroatoms. The van der Waals surface area contributed by atoms with Crippen LogP contribution >= 0.6 is 0 Å². The van der Waals surface area contributed by atoms with E-state index in [4.69, 9.17) is 4.74 Å². The maximum atomic E-state index is 13.1. The van der Waals surface area contributed by atoms with Crippen molar-refractivity contribution in [1.29, 1.82) is 0 Å². The lowest BCUT2D eigenvalue weighted by atomic mass is 10.0. The van der Waals surface area contributed by atoms with Crippen molar-refractivity contribution in [3.05, 3.63) is 59.2 Å². The molecular weight excluding hydrogens is 356 g/mol. The fourth-order valence-corrected chi connectivity index (χ4v) is 3.80. The Bertz CT molecular complexity index is 969. The summed E-state index contributed by atoms with van der Waals surface area (Å²) in [5, 5.41) is 0. The molecule has 4 rings (SSSR count). The number of carbonyl (C=O) groups excluding carboxylic acids is 3. The highest BCUT2D eigenvalue weighted by Crippen LogP contribution is 2.34. The van der Waals surface area contributed by atoms with Gasteiger partial charge < -0.3 is 14.5 Å². The van der Waals surface area contributed by atoms with E-state index in [9.17, 15) is 14.4 Å². The Labute approximate surface area is 163 Å². The second-order valence-electron chi connectivity index (χ2n) is 7.15. The molecule has 0 aromatic heterocycles. The fourth-order valence-electron chi connectivity index (χ4n) is 3.80. The highest BCUT2D eigenvalue weighted by Gasteiger charge is 2.34. The van der Waals surface area contributed by atoms with Gasteiger partial charge >= 0.3 is 0 Å². The third-order valence-electron chi connectivity index (χ3n) is 5.33. The number of Topliss-reactive ketones (excluding diaryl/α,β-unsaturated/α-hetero) is 1. The SMILES string of the molecule is CCCN1C(=O)COc2ccc(C(=O)C(C)N3Cc4ccccc4C3=O)cc21. The number of carbonyl (C=O) groups is 3. The van der Waals surface area contributed by atoms with Crippen molar-refractivity contribution < 1.29 is 19.1 Å². The Balaban J connectivity index is 1.61. The summed E-state index contributed by atoms with van der Waals surface area (Å²) in [7, 11) is 0. The molecule has 0 radical (unpaired) electrons. The number of nitrogens with zero attached hydrogens (tertiary/aromatic N) is 2. The van der Waals surface area contributed by atoms with E-state index >= 15 is 0 Å². The van der Waals surface area contributed by atoms with Crippen molar-refractivity contribution in [2.75, 3.05) is 18.1 Å². The van der Waals surface area contributed by atoms with E-state index in [1.54, 1.807) is 41.0 Å². The molecule has 2 aliphatic heterocycles. The van der Waals surface area contributed by atoms with Gasteiger partial charge in [0.05, 0.1) is 11.7 Å². The predicted molar refractivity (Wildman–Crippen MR) is 105 cm³/mol. The topological polar surface area (TPSA) is 66.9 Å². The summed E-state index contributed by atoms with van der Waals surface area (Å²) in [6, 6.07) is 12.0. The Hall–Kier alpha value is -3.15. The molecule has 1 unspecified atom stereocenters. The van der Waals surface area contributed by atoms with Crippen LogP contribution in [0.15, 0.2) is 42.5 Å². The van der Waals surface area contributed by atoms with E-state index in [1.807, 2.05) is 25.1 Å². The Morgan fingerprint density at radius 3 is 2.71 bits per heavy atom. The lowest BCUT2D eigenvalue weighted by Gasteiger charge is -2.30. The van der Waals surface area contributed by atoms with Crippen LogP contribution in [0.2, 0.25) is 0 Å². The zero-order valence-electron chi connectivity index (χ0n) is 16.0. The van der Waals surface area contributed by atoms with Crippen LogP contribution in [-0.4, -0.2) is 41.7 Å². The standard InChI is InChI=1S/C22H22N2O4/c1-3-10-23-18-11-15(8-9-19(18)28-13-20(23)25)21(26)14(2)24-12-16-6-4-5-7-17(16)22(24)27/h4-9,11,14H,3,10,12-13H2,1-2H3. The average Bonchev–Trinajstić information content (AvgIpc) is 3.05. The molecule has 1 atom stereocenters. The lowest BCUT2D eigenvalue weighted by Crippen LogP contribution is -2.40. The summed E-state index contributed by atoms with van der Waals surface area (Å²) in [6.45, 7) is 4.75. The fraction of sp³-hybridized carbons (Fsp3) is 0.318. The Kier molecular flexibility index (Phi) is 4.63. The van der Waals surface area contributed by atoms with Gasteiger partial charge in [-0.2, -0.15) is 0 Å². The number of benzene rings is 2. The van der Waals surface area contributed by atoms with Crippen LogP contribution in [0.25, 0.3) is 0 Å². The summed E-state index contributed by atoms with van der Waals surface area (Å²) in [5.41, 5.74) is 2.67. The maximum absolute atomic E-state index is 13.1. The first-order valence-corrected chi connectivity index (χ1v) is 9.51. The minimum absolute atomic E-state index is 0.0111. The van der Waals surface area contributed by atoms with Gasteiger partial charge in [0.2, 0.25) is 0 Å². The van der Waals surface area contributed by atoms with Crippen LogP contribution in [0, 0.1) is 0 Å². The van der Waals surface area contributed by atoms with Gasteiger partial charge in [-0.1, -0.05) is 25.1 Å². The second-order valence-corrected chi connectivity index (χ2v) is 7.15. The van der Waals surface area contributed by atoms with Crippen LogP contribution in [-0.2, 0) is 11.3 Å². The highest BCUT2D eigenvalue weighted by atomic mass is 16.5. The van der Waals surface area contributed by atoms with Gasteiger partial charge in [-0.15, -0.1) is 0 Å². The number of hydrogen-bond acceptors (Lipinski definition) is 4. The number of amides is 2. The molecule has 0 spiro atoms. The first-order valence-electron chi connectivity index (χ1n) is 9.51.